The van der Waals surface area contributed by atoms with Crippen LogP contribution in [0.25, 0.3) is 0 Å². The summed E-state index contributed by atoms with van der Waals surface area (Å²) in [6.45, 7) is 9.50. The zero-order valence-corrected chi connectivity index (χ0v) is 25.6. The monoisotopic (exact) mass is 579 g/mol. The fraction of sp³-hybridized carbons (Fsp3) is 0.375. The van der Waals surface area contributed by atoms with Gasteiger partial charge in [-0.05, 0) is 69.5 Å². The van der Waals surface area contributed by atoms with Crippen molar-refractivity contribution in [3.05, 3.63) is 89.0 Å². The molecule has 3 aromatic carbocycles. The number of methoxy groups -OCH3 is 1. The second-order valence-corrected chi connectivity index (χ2v) is 12.2. The second kappa shape index (κ2) is 14.2. The molecular weight excluding hydrogens is 538 g/mol. The number of unbranched alkanes of at least 4 members (excludes halogenated alkanes) is 1. The van der Waals surface area contributed by atoms with Crippen LogP contribution in [0.5, 0.6) is 5.75 Å². The molecule has 0 saturated heterocycles. The van der Waals surface area contributed by atoms with Crippen LogP contribution in [0, 0.1) is 20.8 Å². The minimum atomic E-state index is -4.19. The maximum atomic E-state index is 14.1. The first-order chi connectivity index (χ1) is 19.5. The number of nitrogens with zero attached hydrogens (tertiary/aromatic N) is 2. The fourth-order valence-corrected chi connectivity index (χ4v) is 5.89. The first kappa shape index (κ1) is 31.7. The van der Waals surface area contributed by atoms with E-state index in [0.717, 1.165) is 39.4 Å². The van der Waals surface area contributed by atoms with Crippen LogP contribution in [0.2, 0.25) is 0 Å². The third-order valence-corrected chi connectivity index (χ3v) is 8.70. The summed E-state index contributed by atoms with van der Waals surface area (Å²) >= 11 is 0. The Morgan fingerprint density at radius 2 is 1.59 bits per heavy atom. The van der Waals surface area contributed by atoms with Gasteiger partial charge in [0.05, 0.1) is 17.7 Å². The number of anilines is 1. The van der Waals surface area contributed by atoms with Crippen molar-refractivity contribution in [1.29, 1.82) is 0 Å². The first-order valence-corrected chi connectivity index (χ1v) is 15.3. The molecule has 41 heavy (non-hydrogen) atoms. The number of aryl methyl sites for hydroxylation is 3. The van der Waals surface area contributed by atoms with Gasteiger partial charge < -0.3 is 15.0 Å². The number of nitrogens with one attached hydrogen (secondary N) is 1. The fourth-order valence-electron chi connectivity index (χ4n) is 4.47. The summed E-state index contributed by atoms with van der Waals surface area (Å²) in [5, 5.41) is 2.90. The molecule has 1 unspecified atom stereocenters. The second-order valence-electron chi connectivity index (χ2n) is 10.3. The molecule has 0 saturated carbocycles. The Morgan fingerprint density at radius 1 is 0.927 bits per heavy atom. The molecule has 8 nitrogen and oxygen atoms in total. The molecule has 0 fully saturated rings. The third kappa shape index (κ3) is 8.10. The molecule has 0 bridgehead atoms. The Kier molecular flexibility index (Phi) is 10.9. The molecule has 1 atom stereocenters. The van der Waals surface area contributed by atoms with Crippen molar-refractivity contribution in [2.75, 3.05) is 24.5 Å². The number of carbonyl (C=O) groups is 2. The van der Waals surface area contributed by atoms with E-state index in [-0.39, 0.29) is 23.0 Å². The van der Waals surface area contributed by atoms with Crippen molar-refractivity contribution in [2.45, 2.75) is 64.9 Å². The van der Waals surface area contributed by atoms with Crippen LogP contribution in [0.4, 0.5) is 5.69 Å². The molecule has 0 aromatic heterocycles. The summed E-state index contributed by atoms with van der Waals surface area (Å²) in [5.74, 6) is -0.487. The van der Waals surface area contributed by atoms with Crippen molar-refractivity contribution < 1.29 is 22.7 Å². The normalized spacial score (nSPS) is 12.0. The molecule has 0 radical (unpaired) electrons. The number of amides is 2. The van der Waals surface area contributed by atoms with Crippen LogP contribution in [-0.2, 0) is 26.2 Å². The van der Waals surface area contributed by atoms with E-state index in [0.29, 0.717) is 12.3 Å². The van der Waals surface area contributed by atoms with Gasteiger partial charge in [0.1, 0.15) is 18.3 Å². The van der Waals surface area contributed by atoms with Crippen LogP contribution in [0.3, 0.4) is 0 Å². The van der Waals surface area contributed by atoms with Gasteiger partial charge >= 0.3 is 0 Å². The zero-order chi connectivity index (χ0) is 30.2. The molecular formula is C32H41N3O5S. The van der Waals surface area contributed by atoms with Gasteiger partial charge in [-0.1, -0.05) is 66.9 Å². The van der Waals surface area contributed by atoms with Crippen LogP contribution < -0.4 is 14.4 Å². The van der Waals surface area contributed by atoms with E-state index in [1.54, 1.807) is 31.2 Å². The molecule has 0 spiro atoms. The lowest BCUT2D eigenvalue weighted by atomic mass is 10.1. The Balaban J connectivity index is 2.07. The minimum Gasteiger partial charge on any atom is -0.495 e. The number of benzene rings is 3. The molecule has 9 heteroatoms. The average molecular weight is 580 g/mol. The molecule has 3 rings (SSSR count). The topological polar surface area (TPSA) is 96.0 Å². The average Bonchev–Trinajstić information content (AvgIpc) is 2.94. The Morgan fingerprint density at radius 3 is 2.22 bits per heavy atom. The van der Waals surface area contributed by atoms with Gasteiger partial charge in [-0.3, -0.25) is 13.9 Å². The van der Waals surface area contributed by atoms with Crippen molar-refractivity contribution >= 4 is 27.5 Å². The lowest BCUT2D eigenvalue weighted by molar-refractivity contribution is -0.139. The molecule has 2 amide bonds. The molecule has 3 aromatic rings. The van der Waals surface area contributed by atoms with E-state index in [4.69, 9.17) is 4.74 Å². The SMILES string of the molecule is CCCCNC(=O)C(C)N(Cc1cccc(C)c1)C(=O)CN(c1cc(C)ccc1OC)S(=O)(=O)c1ccc(C)cc1. The number of rotatable bonds is 13. The molecule has 0 aliphatic carbocycles. The van der Waals surface area contributed by atoms with Gasteiger partial charge in [-0.25, -0.2) is 8.42 Å². The predicted octanol–water partition coefficient (Wildman–Crippen LogP) is 5.15. The summed E-state index contributed by atoms with van der Waals surface area (Å²) in [4.78, 5) is 28.7. The quantitative estimate of drug-likeness (QED) is 0.283. The Bertz CT molecular complexity index is 1450. The van der Waals surface area contributed by atoms with Crippen LogP contribution >= 0.6 is 0 Å². The summed E-state index contributed by atoms with van der Waals surface area (Å²) < 4.78 is 34.8. The summed E-state index contributed by atoms with van der Waals surface area (Å²) in [5.41, 5.74) is 3.82. The van der Waals surface area contributed by atoms with Crippen molar-refractivity contribution in [3.63, 3.8) is 0 Å². The maximum absolute atomic E-state index is 14.1. The smallest absolute Gasteiger partial charge is 0.264 e. The van der Waals surface area contributed by atoms with E-state index < -0.39 is 28.5 Å². The Hall–Kier alpha value is -3.85. The minimum absolute atomic E-state index is 0.0510. The van der Waals surface area contributed by atoms with E-state index in [1.807, 2.05) is 58.0 Å². The highest BCUT2D eigenvalue weighted by Crippen LogP contribution is 2.34. The highest BCUT2D eigenvalue weighted by Gasteiger charge is 2.33. The van der Waals surface area contributed by atoms with Crippen LogP contribution in [0.1, 0.15) is 48.9 Å². The number of hydrogen-bond acceptors (Lipinski definition) is 5. The van der Waals surface area contributed by atoms with Crippen LogP contribution in [0.15, 0.2) is 71.6 Å². The standard InChI is InChI=1S/C32H41N3O5S/c1-7-8-18-33-32(37)26(5)34(21-27-11-9-10-24(3)19-27)31(36)22-35(29-20-25(4)14-17-30(29)40-6)41(38,39)28-15-12-23(2)13-16-28/h9-17,19-20,26H,7-8,18,21-22H2,1-6H3,(H,33,37). The Labute approximate surface area is 244 Å². The number of sulfonamides is 1. The number of hydrogen-bond donors (Lipinski definition) is 1. The third-order valence-electron chi connectivity index (χ3n) is 6.92. The van der Waals surface area contributed by atoms with Crippen LogP contribution in [-0.4, -0.2) is 51.4 Å². The van der Waals surface area contributed by atoms with E-state index in [9.17, 15) is 18.0 Å². The van der Waals surface area contributed by atoms with Gasteiger partial charge in [0, 0.05) is 13.1 Å². The molecule has 0 aliphatic heterocycles. The molecule has 0 heterocycles. The van der Waals surface area contributed by atoms with Gasteiger partial charge in [0.2, 0.25) is 11.8 Å². The molecule has 0 aliphatic rings. The van der Waals surface area contributed by atoms with Gasteiger partial charge in [-0.15, -0.1) is 0 Å². The lowest BCUT2D eigenvalue weighted by Gasteiger charge is -2.32. The van der Waals surface area contributed by atoms with Crippen molar-refractivity contribution in [2.24, 2.45) is 0 Å². The van der Waals surface area contributed by atoms with Gasteiger partial charge in [-0.2, -0.15) is 0 Å². The summed E-state index contributed by atoms with van der Waals surface area (Å²) in [6.07, 6.45) is 1.74. The summed E-state index contributed by atoms with van der Waals surface area (Å²) in [6, 6.07) is 18.5. The van der Waals surface area contributed by atoms with Crippen molar-refractivity contribution in [3.8, 4) is 5.75 Å². The summed E-state index contributed by atoms with van der Waals surface area (Å²) in [7, 11) is -2.73. The number of ether oxygens (including phenoxy) is 1. The van der Waals surface area contributed by atoms with Gasteiger partial charge in [0.15, 0.2) is 0 Å². The van der Waals surface area contributed by atoms with E-state index >= 15 is 0 Å². The highest BCUT2D eigenvalue weighted by molar-refractivity contribution is 7.92. The van der Waals surface area contributed by atoms with E-state index in [1.165, 1.54) is 24.1 Å². The largest absolute Gasteiger partial charge is 0.495 e. The molecule has 1 N–H and O–H groups in total. The first-order valence-electron chi connectivity index (χ1n) is 13.8. The number of carbonyl (C=O) groups excluding carboxylic acids is 2. The maximum Gasteiger partial charge on any atom is 0.264 e. The zero-order valence-electron chi connectivity index (χ0n) is 24.8. The predicted molar refractivity (Wildman–Crippen MR) is 163 cm³/mol. The lowest BCUT2D eigenvalue weighted by Crippen LogP contribution is -2.51. The van der Waals surface area contributed by atoms with E-state index in [2.05, 4.69) is 5.32 Å². The van der Waals surface area contributed by atoms with Crippen molar-refractivity contribution in [1.82, 2.24) is 10.2 Å². The van der Waals surface area contributed by atoms with Gasteiger partial charge in [0.25, 0.3) is 10.0 Å². The molecule has 220 valence electrons. The highest BCUT2D eigenvalue weighted by atomic mass is 32.2.